The van der Waals surface area contributed by atoms with Crippen LogP contribution in [0.5, 0.6) is 0 Å². The van der Waals surface area contributed by atoms with Crippen molar-refractivity contribution in [2.24, 2.45) is 0 Å². The van der Waals surface area contributed by atoms with Crippen LogP contribution in [0.3, 0.4) is 0 Å². The van der Waals surface area contributed by atoms with Gasteiger partial charge in [-0.15, -0.1) is 0 Å². The molecule has 0 rings (SSSR count). The van der Waals surface area contributed by atoms with Gasteiger partial charge in [0.1, 0.15) is 5.78 Å². The van der Waals surface area contributed by atoms with Crippen molar-refractivity contribution in [3.05, 3.63) is 0 Å². The first kappa shape index (κ1) is 18.1. The zero-order valence-electron chi connectivity index (χ0n) is 10.9. The number of unbranched alkanes of at least 4 members (excludes halogenated alkanes) is 5. The van der Waals surface area contributed by atoms with Gasteiger partial charge >= 0.3 is 57.4 Å². The van der Waals surface area contributed by atoms with Gasteiger partial charge in [0, 0.05) is 12.8 Å². The standard InChI is InChI=1S/C11H20O3.K.H/c1-10(12)8-6-4-2-3-5-7-9-11(13)14;;/h2-9H2,1H3,(H,13,14);;/q;+1;-1. The van der Waals surface area contributed by atoms with E-state index in [0.29, 0.717) is 6.42 Å². The SMILES string of the molecule is CC(=O)CCCCCCCCC(=O)O.[H-].[K+]. The second-order valence-electron chi connectivity index (χ2n) is 3.72. The monoisotopic (exact) mass is 240 g/mol. The molecule has 0 aliphatic rings. The molecule has 0 atom stereocenters. The Balaban J connectivity index is -0.000000845. The van der Waals surface area contributed by atoms with Crippen LogP contribution in [0, 0.1) is 0 Å². The van der Waals surface area contributed by atoms with Crippen LogP contribution in [0.1, 0.15) is 59.7 Å². The fraction of sp³-hybridized carbons (Fsp3) is 0.818. The number of carbonyl (C=O) groups excluding carboxylic acids is 1. The topological polar surface area (TPSA) is 54.4 Å². The number of carboxylic acid groups (broad SMARTS) is 1. The molecule has 0 saturated heterocycles. The molecule has 0 aromatic carbocycles. The summed E-state index contributed by atoms with van der Waals surface area (Å²) < 4.78 is 0. The van der Waals surface area contributed by atoms with Gasteiger partial charge in [-0.1, -0.05) is 25.7 Å². The Morgan fingerprint density at radius 2 is 1.33 bits per heavy atom. The minimum absolute atomic E-state index is 0. The summed E-state index contributed by atoms with van der Waals surface area (Å²) in [4.78, 5) is 20.8. The molecule has 0 amide bonds. The molecule has 0 radical (unpaired) electrons. The van der Waals surface area contributed by atoms with Gasteiger partial charge in [0.15, 0.2) is 0 Å². The van der Waals surface area contributed by atoms with Crippen molar-refractivity contribution >= 4 is 11.8 Å². The molecule has 1 N–H and O–H groups in total. The molecule has 0 fully saturated rings. The average Bonchev–Trinajstić information content (AvgIpc) is 2.08. The Labute approximate surface area is 136 Å². The van der Waals surface area contributed by atoms with Crippen molar-refractivity contribution in [3.63, 3.8) is 0 Å². The molecule has 0 aliphatic carbocycles. The van der Waals surface area contributed by atoms with Gasteiger partial charge in [0.2, 0.25) is 0 Å². The Morgan fingerprint density at radius 1 is 0.933 bits per heavy atom. The third-order valence-electron chi connectivity index (χ3n) is 2.17. The van der Waals surface area contributed by atoms with Gasteiger partial charge in [0.05, 0.1) is 0 Å². The molecule has 0 aromatic heterocycles. The number of hydrogen-bond acceptors (Lipinski definition) is 2. The minimum atomic E-state index is -0.707. The quantitative estimate of drug-likeness (QED) is 0.452. The van der Waals surface area contributed by atoms with Crippen molar-refractivity contribution in [2.45, 2.75) is 58.3 Å². The fourth-order valence-electron chi connectivity index (χ4n) is 1.36. The predicted octanol–water partition coefficient (Wildman–Crippen LogP) is -0.103. The van der Waals surface area contributed by atoms with Crippen LogP contribution in [0.2, 0.25) is 0 Å². The largest absolute Gasteiger partial charge is 1.00 e. The fourth-order valence-corrected chi connectivity index (χ4v) is 1.36. The van der Waals surface area contributed by atoms with E-state index < -0.39 is 5.97 Å². The number of ketones is 1. The van der Waals surface area contributed by atoms with E-state index in [1.165, 1.54) is 0 Å². The Kier molecular flexibility index (Phi) is 15.5. The third kappa shape index (κ3) is 17.4. The van der Waals surface area contributed by atoms with Crippen molar-refractivity contribution < 1.29 is 67.5 Å². The van der Waals surface area contributed by atoms with E-state index in [-0.39, 0.29) is 65.0 Å². The summed E-state index contributed by atoms with van der Waals surface area (Å²) in [6.07, 6.45) is 7.02. The number of aliphatic carboxylic acids is 1. The number of hydrogen-bond donors (Lipinski definition) is 1. The molecule has 84 valence electrons. The van der Waals surface area contributed by atoms with Crippen LogP contribution in [-0.4, -0.2) is 16.9 Å². The normalized spacial score (nSPS) is 9.40. The summed E-state index contributed by atoms with van der Waals surface area (Å²) in [7, 11) is 0. The van der Waals surface area contributed by atoms with Crippen molar-refractivity contribution in [3.8, 4) is 0 Å². The summed E-state index contributed by atoms with van der Waals surface area (Å²) in [5.41, 5.74) is 0. The van der Waals surface area contributed by atoms with Gasteiger partial charge in [-0.05, 0) is 19.8 Å². The first-order valence-corrected chi connectivity index (χ1v) is 5.34. The summed E-state index contributed by atoms with van der Waals surface area (Å²) in [6.45, 7) is 1.62. The molecule has 3 nitrogen and oxygen atoms in total. The maximum absolute atomic E-state index is 10.6. The molecule has 0 aromatic rings. The van der Waals surface area contributed by atoms with Crippen LogP contribution in [-0.2, 0) is 9.59 Å². The maximum Gasteiger partial charge on any atom is 1.00 e. The van der Waals surface area contributed by atoms with E-state index in [4.69, 9.17) is 5.11 Å². The number of rotatable bonds is 9. The van der Waals surface area contributed by atoms with Gasteiger partial charge < -0.3 is 11.3 Å². The van der Waals surface area contributed by atoms with Crippen LogP contribution < -0.4 is 51.4 Å². The molecule has 15 heavy (non-hydrogen) atoms. The van der Waals surface area contributed by atoms with Crippen LogP contribution in [0.25, 0.3) is 0 Å². The molecular weight excluding hydrogens is 219 g/mol. The smallest absolute Gasteiger partial charge is 1.00 e. The van der Waals surface area contributed by atoms with Gasteiger partial charge in [0.25, 0.3) is 0 Å². The second-order valence-corrected chi connectivity index (χ2v) is 3.72. The second kappa shape index (κ2) is 12.8. The Bertz CT molecular complexity index is 166. The van der Waals surface area contributed by atoms with E-state index in [1.807, 2.05) is 0 Å². The number of carboxylic acids is 1. The van der Waals surface area contributed by atoms with E-state index in [1.54, 1.807) is 6.92 Å². The van der Waals surface area contributed by atoms with E-state index >= 15 is 0 Å². The number of Topliss-reactive ketones (excluding diaryl/α,β-unsaturated/α-hetero) is 1. The molecule has 0 unspecified atom stereocenters. The zero-order valence-corrected chi connectivity index (χ0v) is 13.0. The van der Waals surface area contributed by atoms with Crippen molar-refractivity contribution in [2.75, 3.05) is 0 Å². The van der Waals surface area contributed by atoms with Crippen molar-refractivity contribution in [1.82, 2.24) is 0 Å². The Hall–Kier alpha value is 0.776. The summed E-state index contributed by atoms with van der Waals surface area (Å²) in [5, 5.41) is 8.38. The maximum atomic E-state index is 10.6. The van der Waals surface area contributed by atoms with E-state index in [0.717, 1.165) is 38.5 Å². The van der Waals surface area contributed by atoms with Gasteiger partial charge in [-0.3, -0.25) is 4.79 Å². The predicted molar refractivity (Wildman–Crippen MR) is 56.4 cm³/mol. The molecule has 4 heteroatoms. The van der Waals surface area contributed by atoms with E-state index in [9.17, 15) is 9.59 Å². The molecule has 0 spiro atoms. The molecule has 0 saturated carbocycles. The van der Waals surface area contributed by atoms with Crippen LogP contribution in [0.15, 0.2) is 0 Å². The summed E-state index contributed by atoms with van der Waals surface area (Å²) >= 11 is 0. The van der Waals surface area contributed by atoms with Crippen molar-refractivity contribution in [1.29, 1.82) is 0 Å². The summed E-state index contributed by atoms with van der Waals surface area (Å²) in [5.74, 6) is -0.447. The minimum Gasteiger partial charge on any atom is -1.00 e. The van der Waals surface area contributed by atoms with E-state index in [2.05, 4.69) is 0 Å². The zero-order chi connectivity index (χ0) is 10.8. The first-order valence-electron chi connectivity index (χ1n) is 5.34. The first-order chi connectivity index (χ1) is 6.63. The summed E-state index contributed by atoms with van der Waals surface area (Å²) in [6, 6.07) is 0. The average molecular weight is 240 g/mol. The third-order valence-corrected chi connectivity index (χ3v) is 2.17. The van der Waals surface area contributed by atoms with Gasteiger partial charge in [-0.25, -0.2) is 0 Å². The molecule has 0 bridgehead atoms. The van der Waals surface area contributed by atoms with Crippen LogP contribution in [0.4, 0.5) is 0 Å². The number of carbonyl (C=O) groups is 2. The van der Waals surface area contributed by atoms with Gasteiger partial charge in [-0.2, -0.15) is 0 Å². The van der Waals surface area contributed by atoms with Crippen LogP contribution >= 0.6 is 0 Å². The molecule has 0 aliphatic heterocycles. The molecular formula is C11H21KO3. The Morgan fingerprint density at radius 3 is 1.73 bits per heavy atom. The molecule has 0 heterocycles.